The first-order valence-corrected chi connectivity index (χ1v) is 9.71. The topological polar surface area (TPSA) is 59.9 Å². The molecule has 0 saturated carbocycles. The molecule has 0 unspecified atom stereocenters. The Morgan fingerprint density at radius 3 is 2.69 bits per heavy atom. The van der Waals surface area contributed by atoms with Gasteiger partial charge >= 0.3 is 0 Å². The summed E-state index contributed by atoms with van der Waals surface area (Å²) in [7, 11) is 0. The van der Waals surface area contributed by atoms with Crippen molar-refractivity contribution in [3.63, 3.8) is 0 Å². The van der Waals surface area contributed by atoms with Gasteiger partial charge in [-0.05, 0) is 87.4 Å². The molecule has 5 nitrogen and oxygen atoms in total. The zero-order valence-corrected chi connectivity index (χ0v) is 17.9. The van der Waals surface area contributed by atoms with E-state index in [0.717, 1.165) is 13.6 Å². The molecule has 0 heterocycles. The maximum absolute atomic E-state index is 12.1. The first-order valence-electron chi connectivity index (χ1n) is 7.84. The predicted octanol–water partition coefficient (Wildman–Crippen LogP) is 4.78. The minimum atomic E-state index is -0.271. The van der Waals surface area contributed by atoms with Crippen molar-refractivity contribution in [2.24, 2.45) is 5.10 Å². The van der Waals surface area contributed by atoms with Crippen LogP contribution in [-0.4, -0.2) is 25.3 Å². The van der Waals surface area contributed by atoms with Crippen LogP contribution >= 0.6 is 38.5 Å². The fourth-order valence-electron chi connectivity index (χ4n) is 2.04. The fourth-order valence-corrected chi connectivity index (χ4v) is 2.97. The highest BCUT2D eigenvalue weighted by atomic mass is 127. The smallest absolute Gasteiger partial charge is 0.271 e. The molecular weight excluding hydrogens is 511 g/mol. The number of hydrogen-bond acceptors (Lipinski definition) is 4. The van der Waals surface area contributed by atoms with Crippen LogP contribution in [0.3, 0.4) is 0 Å². The normalized spacial score (nSPS) is 10.6. The lowest BCUT2D eigenvalue weighted by Gasteiger charge is -2.13. The van der Waals surface area contributed by atoms with Gasteiger partial charge in [0.2, 0.25) is 0 Å². The summed E-state index contributed by atoms with van der Waals surface area (Å²) in [4.78, 5) is 12.1. The second-order valence-corrected chi connectivity index (χ2v) is 7.17. The van der Waals surface area contributed by atoms with E-state index in [-0.39, 0.29) is 5.91 Å². The van der Waals surface area contributed by atoms with Gasteiger partial charge in [0.1, 0.15) is 6.61 Å². The summed E-state index contributed by atoms with van der Waals surface area (Å²) in [5, 5.41) is 4.01. The molecule has 2 rings (SSSR count). The molecule has 0 aromatic heterocycles. The van der Waals surface area contributed by atoms with Crippen LogP contribution in [0.4, 0.5) is 0 Å². The van der Waals surface area contributed by atoms with E-state index in [0.29, 0.717) is 30.3 Å². The van der Waals surface area contributed by atoms with Gasteiger partial charge in [-0.2, -0.15) is 5.10 Å². The van der Waals surface area contributed by atoms with Gasteiger partial charge in [0.15, 0.2) is 11.5 Å². The minimum absolute atomic E-state index is 0.271. The maximum Gasteiger partial charge on any atom is 0.271 e. The lowest BCUT2D eigenvalue weighted by atomic mass is 10.2. The molecule has 0 radical (unpaired) electrons. The number of carbonyl (C=O) groups excluding carboxylic acids is 1. The average molecular weight is 529 g/mol. The number of amides is 1. The van der Waals surface area contributed by atoms with Gasteiger partial charge < -0.3 is 9.47 Å². The van der Waals surface area contributed by atoms with Crippen molar-refractivity contribution in [1.29, 1.82) is 0 Å². The van der Waals surface area contributed by atoms with E-state index in [4.69, 9.17) is 9.47 Å². The molecule has 136 valence electrons. The van der Waals surface area contributed by atoms with Crippen LogP contribution in [0.2, 0.25) is 0 Å². The van der Waals surface area contributed by atoms with Gasteiger partial charge in [-0.3, -0.25) is 4.79 Å². The molecule has 2 aromatic rings. The molecule has 0 fully saturated rings. The van der Waals surface area contributed by atoms with Crippen molar-refractivity contribution in [2.45, 2.75) is 6.92 Å². The van der Waals surface area contributed by atoms with Gasteiger partial charge in [0, 0.05) is 9.13 Å². The fraction of sp³-hybridized carbons (Fsp3) is 0.158. The van der Waals surface area contributed by atoms with Crippen molar-refractivity contribution in [1.82, 2.24) is 5.43 Å². The third-order valence-corrected chi connectivity index (χ3v) is 4.47. The summed E-state index contributed by atoms with van der Waals surface area (Å²) in [6.07, 6.45) is 3.22. The van der Waals surface area contributed by atoms with E-state index in [2.05, 4.69) is 55.6 Å². The molecule has 0 saturated heterocycles. The average Bonchev–Trinajstić information content (AvgIpc) is 2.62. The Labute approximate surface area is 174 Å². The van der Waals surface area contributed by atoms with Crippen molar-refractivity contribution >= 4 is 50.6 Å². The molecule has 0 aliphatic carbocycles. The molecule has 0 bridgehead atoms. The molecule has 7 heteroatoms. The van der Waals surface area contributed by atoms with Crippen LogP contribution in [0.1, 0.15) is 22.8 Å². The van der Waals surface area contributed by atoms with Gasteiger partial charge in [-0.1, -0.05) is 12.7 Å². The maximum atomic E-state index is 12.1. The summed E-state index contributed by atoms with van der Waals surface area (Å²) in [6.45, 7) is 6.41. The van der Waals surface area contributed by atoms with Crippen molar-refractivity contribution in [3.8, 4) is 11.5 Å². The van der Waals surface area contributed by atoms with Gasteiger partial charge in [-0.15, -0.1) is 0 Å². The van der Waals surface area contributed by atoms with Crippen LogP contribution in [0.25, 0.3) is 0 Å². The van der Waals surface area contributed by atoms with Crippen molar-refractivity contribution < 1.29 is 14.3 Å². The number of nitrogens with zero attached hydrogens (tertiary/aromatic N) is 1. The SMILES string of the molecule is C=CCOc1c(Br)cc(/C=N\NC(=O)c2ccc(I)cc2)cc1OCC. The Balaban J connectivity index is 2.12. The van der Waals surface area contributed by atoms with Crippen LogP contribution in [0, 0.1) is 3.57 Å². The predicted molar refractivity (Wildman–Crippen MR) is 115 cm³/mol. The molecular formula is C19H18BrIN2O3. The number of carbonyl (C=O) groups is 1. The second kappa shape index (κ2) is 10.3. The first kappa shape index (κ1) is 20.4. The van der Waals surface area contributed by atoms with Crippen LogP contribution < -0.4 is 14.9 Å². The zero-order chi connectivity index (χ0) is 18.9. The third-order valence-electron chi connectivity index (χ3n) is 3.16. The molecule has 1 amide bonds. The number of halogens is 2. The highest BCUT2D eigenvalue weighted by Crippen LogP contribution is 2.36. The van der Waals surface area contributed by atoms with Crippen molar-refractivity contribution in [3.05, 3.63) is 68.2 Å². The van der Waals surface area contributed by atoms with Crippen LogP contribution in [-0.2, 0) is 0 Å². The quantitative estimate of drug-likeness (QED) is 0.232. The lowest BCUT2D eigenvalue weighted by Crippen LogP contribution is -2.17. The number of nitrogens with one attached hydrogen (secondary N) is 1. The number of ether oxygens (including phenoxy) is 2. The molecule has 0 aliphatic heterocycles. The molecule has 0 aliphatic rings. The molecule has 0 spiro atoms. The Bertz CT molecular complexity index is 807. The van der Waals surface area contributed by atoms with E-state index < -0.39 is 0 Å². The van der Waals surface area contributed by atoms with Gasteiger partial charge in [0.05, 0.1) is 17.3 Å². The Morgan fingerprint density at radius 1 is 1.31 bits per heavy atom. The molecule has 26 heavy (non-hydrogen) atoms. The monoisotopic (exact) mass is 528 g/mol. The second-order valence-electron chi connectivity index (χ2n) is 5.07. The number of benzene rings is 2. The Morgan fingerprint density at radius 2 is 2.04 bits per heavy atom. The standard InChI is InChI=1S/C19H18BrIN2O3/c1-3-9-26-18-16(20)10-13(11-17(18)25-4-2)12-22-23-19(24)14-5-7-15(21)8-6-14/h3,5-8,10-12H,1,4,9H2,2H3,(H,23,24)/b22-12-. The lowest BCUT2D eigenvalue weighted by molar-refractivity contribution is 0.0955. The van der Waals surface area contributed by atoms with E-state index in [1.165, 1.54) is 0 Å². The van der Waals surface area contributed by atoms with E-state index in [9.17, 15) is 4.79 Å². The number of rotatable bonds is 8. The largest absolute Gasteiger partial charge is 0.490 e. The summed E-state index contributed by atoms with van der Waals surface area (Å²) in [6, 6.07) is 10.9. The van der Waals surface area contributed by atoms with Crippen LogP contribution in [0.15, 0.2) is 58.6 Å². The van der Waals surface area contributed by atoms with E-state index >= 15 is 0 Å². The van der Waals surface area contributed by atoms with Gasteiger partial charge in [-0.25, -0.2) is 5.43 Å². The van der Waals surface area contributed by atoms with Crippen molar-refractivity contribution in [2.75, 3.05) is 13.2 Å². The summed E-state index contributed by atoms with van der Waals surface area (Å²) >= 11 is 5.66. The highest BCUT2D eigenvalue weighted by Gasteiger charge is 2.11. The summed E-state index contributed by atoms with van der Waals surface area (Å²) in [5.74, 6) is 0.925. The zero-order valence-electron chi connectivity index (χ0n) is 14.2. The molecule has 0 atom stereocenters. The molecule has 2 aromatic carbocycles. The highest BCUT2D eigenvalue weighted by molar-refractivity contribution is 14.1. The minimum Gasteiger partial charge on any atom is -0.490 e. The Hall–Kier alpha value is -1.87. The number of hydrogen-bond donors (Lipinski definition) is 1. The first-order chi connectivity index (χ1) is 12.5. The third kappa shape index (κ3) is 5.84. The van der Waals surface area contributed by atoms with Gasteiger partial charge in [0.25, 0.3) is 5.91 Å². The summed E-state index contributed by atoms with van der Waals surface area (Å²) < 4.78 is 13.1. The van der Waals surface area contributed by atoms with Crippen LogP contribution in [0.5, 0.6) is 11.5 Å². The Kier molecular flexibility index (Phi) is 8.11. The number of hydrazone groups is 1. The molecule has 1 N–H and O–H groups in total. The van der Waals surface area contributed by atoms with E-state index in [1.54, 1.807) is 30.5 Å². The van der Waals surface area contributed by atoms with E-state index in [1.807, 2.05) is 25.1 Å². The summed E-state index contributed by atoms with van der Waals surface area (Å²) in [5.41, 5.74) is 3.82.